The maximum atomic E-state index is 12.6. The van der Waals surface area contributed by atoms with Crippen LogP contribution in [0.2, 0.25) is 0 Å². The Labute approximate surface area is 199 Å². The highest BCUT2D eigenvalue weighted by Gasteiger charge is 2.25. The molecular formula is C25H32N4O3S. The van der Waals surface area contributed by atoms with Crippen LogP contribution in [0.1, 0.15) is 44.6 Å². The average molecular weight is 469 g/mol. The molecule has 0 aliphatic carbocycles. The Morgan fingerprint density at radius 1 is 1.24 bits per heavy atom. The van der Waals surface area contributed by atoms with Gasteiger partial charge in [0.15, 0.2) is 0 Å². The molecule has 7 nitrogen and oxygen atoms in total. The van der Waals surface area contributed by atoms with Gasteiger partial charge in [0.2, 0.25) is 17.6 Å². The first-order chi connectivity index (χ1) is 16.1. The largest absolute Gasteiger partial charge is 0.491 e. The average Bonchev–Trinajstić information content (AvgIpc) is 3.50. The van der Waals surface area contributed by atoms with Crippen molar-refractivity contribution in [1.82, 2.24) is 20.4 Å². The number of carbonyl (C=O) groups excluding carboxylic acids is 1. The van der Waals surface area contributed by atoms with Gasteiger partial charge in [-0.1, -0.05) is 23.4 Å². The molecule has 3 heterocycles. The lowest BCUT2D eigenvalue weighted by Crippen LogP contribution is -2.40. The Morgan fingerprint density at radius 2 is 2.03 bits per heavy atom. The zero-order chi connectivity index (χ0) is 23.0. The number of piperidine rings is 1. The number of nitrogens with zero attached hydrogens (tertiary/aromatic N) is 3. The summed E-state index contributed by atoms with van der Waals surface area (Å²) >= 11 is 1.60. The van der Waals surface area contributed by atoms with E-state index >= 15 is 0 Å². The number of aryl methyl sites for hydroxylation is 1. The van der Waals surface area contributed by atoms with Gasteiger partial charge < -0.3 is 14.6 Å². The molecule has 1 N–H and O–H groups in total. The Kier molecular flexibility index (Phi) is 8.12. The molecule has 0 radical (unpaired) electrons. The van der Waals surface area contributed by atoms with Crippen molar-refractivity contribution in [1.29, 1.82) is 0 Å². The quantitative estimate of drug-likeness (QED) is 0.440. The van der Waals surface area contributed by atoms with Crippen molar-refractivity contribution in [3.63, 3.8) is 0 Å². The van der Waals surface area contributed by atoms with Crippen LogP contribution in [-0.4, -0.2) is 46.7 Å². The normalized spacial score (nSPS) is 15.1. The van der Waals surface area contributed by atoms with Gasteiger partial charge in [0, 0.05) is 12.5 Å². The number of nitrogens with one attached hydrogen (secondary N) is 1. The van der Waals surface area contributed by atoms with Gasteiger partial charge in [-0.15, -0.1) is 11.3 Å². The number of hydrogen-bond donors (Lipinski definition) is 1. The van der Waals surface area contributed by atoms with Gasteiger partial charge in [-0.05, 0) is 81.8 Å². The number of thiophene rings is 1. The molecule has 176 valence electrons. The van der Waals surface area contributed by atoms with Crippen LogP contribution in [0.4, 0.5) is 0 Å². The smallest absolute Gasteiger partial charge is 0.241 e. The van der Waals surface area contributed by atoms with Gasteiger partial charge in [0.25, 0.3) is 0 Å². The highest BCUT2D eigenvalue weighted by molar-refractivity contribution is 7.13. The molecule has 0 saturated carbocycles. The van der Waals surface area contributed by atoms with E-state index in [1.165, 1.54) is 5.56 Å². The molecule has 0 spiro atoms. The number of likely N-dealkylation sites (tertiary alicyclic amines) is 1. The van der Waals surface area contributed by atoms with Gasteiger partial charge >= 0.3 is 0 Å². The third kappa shape index (κ3) is 6.88. The molecule has 1 aliphatic rings. The molecule has 2 aromatic heterocycles. The Hall–Kier alpha value is -2.71. The molecule has 0 unspecified atom stereocenters. The Balaban J connectivity index is 1.13. The molecule has 1 amide bonds. The lowest BCUT2D eigenvalue weighted by molar-refractivity contribution is -0.126. The third-order valence-electron chi connectivity index (χ3n) is 5.76. The maximum absolute atomic E-state index is 12.6. The van der Waals surface area contributed by atoms with Crippen molar-refractivity contribution in [3.8, 4) is 16.5 Å². The number of benzene rings is 1. The summed E-state index contributed by atoms with van der Waals surface area (Å²) in [5.74, 6) is 2.43. The zero-order valence-electron chi connectivity index (χ0n) is 19.3. The number of rotatable bonds is 10. The van der Waals surface area contributed by atoms with Crippen molar-refractivity contribution in [2.75, 3.05) is 19.6 Å². The van der Waals surface area contributed by atoms with Crippen molar-refractivity contribution in [2.24, 2.45) is 5.92 Å². The summed E-state index contributed by atoms with van der Waals surface area (Å²) < 4.78 is 11.1. The first-order valence-corrected chi connectivity index (χ1v) is 12.6. The summed E-state index contributed by atoms with van der Waals surface area (Å²) in [6, 6.07) is 12.2. The van der Waals surface area contributed by atoms with E-state index in [0.29, 0.717) is 24.8 Å². The summed E-state index contributed by atoms with van der Waals surface area (Å²) in [6.07, 6.45) is 3.77. The van der Waals surface area contributed by atoms with Crippen LogP contribution in [0.3, 0.4) is 0 Å². The standard InChI is InChI=1S/C25H32N4O3S/c1-18(2)31-21-9-7-19(8-10-21)5-3-13-26-25(30)20-11-14-29(15-12-20)17-23-27-24(28-32-23)22-6-4-16-33-22/h4,6-10,16,18,20H,3,5,11-15,17H2,1-2H3,(H,26,30). The highest BCUT2D eigenvalue weighted by atomic mass is 32.1. The minimum Gasteiger partial charge on any atom is -0.491 e. The number of amides is 1. The number of hydrogen-bond acceptors (Lipinski definition) is 7. The maximum Gasteiger partial charge on any atom is 0.241 e. The van der Waals surface area contributed by atoms with E-state index < -0.39 is 0 Å². The van der Waals surface area contributed by atoms with Crippen LogP contribution in [0.25, 0.3) is 10.7 Å². The lowest BCUT2D eigenvalue weighted by atomic mass is 9.96. The van der Waals surface area contributed by atoms with E-state index in [2.05, 4.69) is 32.5 Å². The van der Waals surface area contributed by atoms with E-state index in [4.69, 9.17) is 9.26 Å². The van der Waals surface area contributed by atoms with E-state index in [-0.39, 0.29) is 17.9 Å². The van der Waals surface area contributed by atoms with E-state index in [9.17, 15) is 4.79 Å². The molecule has 4 rings (SSSR count). The number of carbonyl (C=O) groups is 1. The second kappa shape index (κ2) is 11.4. The molecule has 1 saturated heterocycles. The predicted octanol–water partition coefficient (Wildman–Crippen LogP) is 4.55. The highest BCUT2D eigenvalue weighted by Crippen LogP contribution is 2.23. The number of ether oxygens (including phenoxy) is 1. The zero-order valence-corrected chi connectivity index (χ0v) is 20.1. The fraction of sp³-hybridized carbons (Fsp3) is 0.480. The van der Waals surface area contributed by atoms with Crippen LogP contribution < -0.4 is 10.1 Å². The molecule has 0 bridgehead atoms. The minimum atomic E-state index is 0.0816. The molecule has 1 aromatic carbocycles. The van der Waals surface area contributed by atoms with Crippen molar-refractivity contribution in [3.05, 3.63) is 53.2 Å². The second-order valence-electron chi connectivity index (χ2n) is 8.74. The van der Waals surface area contributed by atoms with Crippen LogP contribution in [-0.2, 0) is 17.8 Å². The Morgan fingerprint density at radius 3 is 2.73 bits per heavy atom. The summed E-state index contributed by atoms with van der Waals surface area (Å²) in [5.41, 5.74) is 1.26. The summed E-state index contributed by atoms with van der Waals surface area (Å²) in [4.78, 5) is 20.4. The third-order valence-corrected chi connectivity index (χ3v) is 6.63. The van der Waals surface area contributed by atoms with Crippen LogP contribution in [0, 0.1) is 5.92 Å². The van der Waals surface area contributed by atoms with Crippen molar-refractivity contribution in [2.45, 2.75) is 52.2 Å². The van der Waals surface area contributed by atoms with Gasteiger partial charge in [-0.3, -0.25) is 9.69 Å². The van der Waals surface area contributed by atoms with Gasteiger partial charge in [-0.2, -0.15) is 4.98 Å². The Bertz CT molecular complexity index is 993. The minimum absolute atomic E-state index is 0.0816. The summed E-state index contributed by atoms with van der Waals surface area (Å²) in [7, 11) is 0. The topological polar surface area (TPSA) is 80.5 Å². The van der Waals surface area contributed by atoms with Crippen LogP contribution in [0.15, 0.2) is 46.3 Å². The van der Waals surface area contributed by atoms with Gasteiger partial charge in [0.1, 0.15) is 5.75 Å². The lowest BCUT2D eigenvalue weighted by Gasteiger charge is -2.30. The molecule has 33 heavy (non-hydrogen) atoms. The molecular weight excluding hydrogens is 436 g/mol. The van der Waals surface area contributed by atoms with Gasteiger partial charge in [-0.25, -0.2) is 0 Å². The fourth-order valence-corrected chi connectivity index (χ4v) is 4.67. The van der Waals surface area contributed by atoms with E-state index in [1.807, 2.05) is 43.5 Å². The first-order valence-electron chi connectivity index (χ1n) is 11.7. The molecule has 8 heteroatoms. The van der Waals surface area contributed by atoms with E-state index in [1.54, 1.807) is 11.3 Å². The van der Waals surface area contributed by atoms with Crippen molar-refractivity contribution < 1.29 is 14.1 Å². The second-order valence-corrected chi connectivity index (χ2v) is 9.69. The van der Waals surface area contributed by atoms with E-state index in [0.717, 1.165) is 49.4 Å². The molecule has 1 aliphatic heterocycles. The first kappa shape index (κ1) is 23.4. The monoisotopic (exact) mass is 468 g/mol. The summed E-state index contributed by atoms with van der Waals surface area (Å²) in [6.45, 7) is 7.11. The molecule has 0 atom stereocenters. The molecule has 1 fully saturated rings. The van der Waals surface area contributed by atoms with Crippen LogP contribution in [0.5, 0.6) is 5.75 Å². The van der Waals surface area contributed by atoms with Gasteiger partial charge in [0.05, 0.1) is 17.5 Å². The van der Waals surface area contributed by atoms with Crippen molar-refractivity contribution >= 4 is 17.2 Å². The summed E-state index contributed by atoms with van der Waals surface area (Å²) in [5, 5.41) is 9.20. The molecule has 3 aromatic rings. The predicted molar refractivity (Wildman–Crippen MR) is 129 cm³/mol. The SMILES string of the molecule is CC(C)Oc1ccc(CCCNC(=O)C2CCN(Cc3nc(-c4cccs4)no3)CC2)cc1. The van der Waals surface area contributed by atoms with Crippen LogP contribution >= 0.6 is 11.3 Å². The fourth-order valence-electron chi connectivity index (χ4n) is 4.02. The number of aromatic nitrogens is 2.